The molecule has 2 aromatic rings. The quantitative estimate of drug-likeness (QED) is 0.749. The van der Waals surface area contributed by atoms with Crippen LogP contribution in [0, 0.1) is 12.7 Å². The zero-order valence-electron chi connectivity index (χ0n) is 11.1. The van der Waals surface area contributed by atoms with Gasteiger partial charge in [0.25, 0.3) is 10.0 Å². The third kappa shape index (κ3) is 2.74. The van der Waals surface area contributed by atoms with Crippen molar-refractivity contribution in [3.63, 3.8) is 0 Å². The van der Waals surface area contributed by atoms with Crippen LogP contribution in [0.15, 0.2) is 23.1 Å². The Kier molecular flexibility index (Phi) is 3.67. The molecule has 1 aromatic carbocycles. The Morgan fingerprint density at radius 2 is 2.10 bits per heavy atom. The van der Waals surface area contributed by atoms with Crippen LogP contribution in [0.25, 0.3) is 0 Å². The number of aromatic amines is 1. The fourth-order valence-electron chi connectivity index (χ4n) is 1.75. The van der Waals surface area contributed by atoms with Gasteiger partial charge in [-0.05, 0) is 31.0 Å². The molecule has 6 nitrogen and oxygen atoms in total. The summed E-state index contributed by atoms with van der Waals surface area (Å²) in [5, 5.41) is 6.47. The summed E-state index contributed by atoms with van der Waals surface area (Å²) in [7, 11) is -4.07. The summed E-state index contributed by atoms with van der Waals surface area (Å²) >= 11 is 0. The lowest BCUT2D eigenvalue weighted by Crippen LogP contribution is -2.16. The molecule has 2 rings (SSSR count). The van der Waals surface area contributed by atoms with Crippen LogP contribution in [0.1, 0.15) is 18.2 Å². The number of aromatic nitrogens is 2. The highest BCUT2D eigenvalue weighted by Crippen LogP contribution is 2.23. The van der Waals surface area contributed by atoms with Gasteiger partial charge >= 0.3 is 0 Å². The van der Waals surface area contributed by atoms with Crippen LogP contribution in [-0.2, 0) is 16.4 Å². The highest BCUT2D eigenvalue weighted by atomic mass is 32.2. The Bertz CT molecular complexity index is 740. The fraction of sp³-hybridized carbons (Fsp3) is 0.250. The maximum atomic E-state index is 13.9. The second-order valence-corrected chi connectivity index (χ2v) is 6.04. The summed E-state index contributed by atoms with van der Waals surface area (Å²) in [6, 6.07) is 4.00. The number of anilines is 2. The van der Waals surface area contributed by atoms with Gasteiger partial charge in [-0.15, -0.1) is 0 Å². The minimum absolute atomic E-state index is 0.112. The molecule has 0 amide bonds. The van der Waals surface area contributed by atoms with Crippen LogP contribution in [0.4, 0.5) is 15.9 Å². The summed E-state index contributed by atoms with van der Waals surface area (Å²) < 4.78 is 40.5. The van der Waals surface area contributed by atoms with Gasteiger partial charge in [0.2, 0.25) is 0 Å². The van der Waals surface area contributed by atoms with Crippen molar-refractivity contribution >= 4 is 21.5 Å². The van der Waals surface area contributed by atoms with Crippen LogP contribution in [0.2, 0.25) is 0 Å². The number of nitrogens with zero attached hydrogens (tertiary/aromatic N) is 1. The Morgan fingerprint density at radius 1 is 1.40 bits per heavy atom. The number of halogens is 1. The first-order valence-electron chi connectivity index (χ1n) is 5.96. The van der Waals surface area contributed by atoms with Gasteiger partial charge in [0.15, 0.2) is 5.82 Å². The largest absolute Gasteiger partial charge is 0.399 e. The molecule has 0 spiro atoms. The molecule has 0 aliphatic rings. The molecule has 1 aromatic heterocycles. The maximum absolute atomic E-state index is 13.9. The number of nitrogens with two attached hydrogens (primary N) is 1. The first kappa shape index (κ1) is 14.3. The molecule has 0 aliphatic carbocycles. The van der Waals surface area contributed by atoms with Crippen LogP contribution in [-0.4, -0.2) is 18.6 Å². The predicted molar refractivity (Wildman–Crippen MR) is 74.3 cm³/mol. The summed E-state index contributed by atoms with van der Waals surface area (Å²) in [5.74, 6) is -0.709. The van der Waals surface area contributed by atoms with Crippen molar-refractivity contribution < 1.29 is 12.8 Å². The highest BCUT2D eigenvalue weighted by Gasteiger charge is 2.22. The molecule has 8 heteroatoms. The van der Waals surface area contributed by atoms with E-state index in [4.69, 9.17) is 5.73 Å². The Labute approximate surface area is 116 Å². The van der Waals surface area contributed by atoms with Gasteiger partial charge in [-0.1, -0.05) is 6.92 Å². The van der Waals surface area contributed by atoms with E-state index in [0.717, 1.165) is 11.8 Å². The lowest BCUT2D eigenvalue weighted by Gasteiger charge is -2.09. The van der Waals surface area contributed by atoms with E-state index in [-0.39, 0.29) is 17.1 Å². The van der Waals surface area contributed by atoms with Crippen molar-refractivity contribution in [1.82, 2.24) is 10.2 Å². The molecular weight excluding hydrogens is 283 g/mol. The molecule has 0 aliphatic heterocycles. The van der Waals surface area contributed by atoms with Crippen LogP contribution >= 0.6 is 0 Å². The summed E-state index contributed by atoms with van der Waals surface area (Å²) in [5.41, 5.74) is 6.68. The fourth-order valence-corrected chi connectivity index (χ4v) is 2.93. The summed E-state index contributed by atoms with van der Waals surface area (Å²) in [6.45, 7) is 3.35. The number of nitrogen functional groups attached to an aromatic ring is 1. The van der Waals surface area contributed by atoms with Gasteiger partial charge in [-0.3, -0.25) is 9.82 Å². The number of hydrogen-bond acceptors (Lipinski definition) is 4. The monoisotopic (exact) mass is 298 g/mol. The van der Waals surface area contributed by atoms with Crippen molar-refractivity contribution in [3.05, 3.63) is 35.3 Å². The normalized spacial score (nSPS) is 11.6. The second kappa shape index (κ2) is 5.12. The van der Waals surface area contributed by atoms with E-state index in [1.54, 1.807) is 6.07 Å². The lowest BCUT2D eigenvalue weighted by atomic mass is 10.2. The molecule has 0 bridgehead atoms. The van der Waals surface area contributed by atoms with Crippen molar-refractivity contribution in [2.24, 2.45) is 0 Å². The van der Waals surface area contributed by atoms with Crippen molar-refractivity contribution in [2.75, 3.05) is 10.5 Å². The molecule has 0 unspecified atom stereocenters. The number of benzene rings is 1. The standard InChI is InChI=1S/C12H15FN4O2S/c1-3-9-6-11(16-15-9)17-20(18,19)10-5-8(14)4-7(2)12(10)13/h4-6H,3,14H2,1-2H3,(H2,15,16,17). The SMILES string of the molecule is CCc1cc(NS(=O)(=O)c2cc(N)cc(C)c2F)n[nH]1. The van der Waals surface area contributed by atoms with Gasteiger partial charge in [0, 0.05) is 17.4 Å². The first-order valence-corrected chi connectivity index (χ1v) is 7.44. The Morgan fingerprint density at radius 3 is 2.70 bits per heavy atom. The van der Waals surface area contributed by atoms with E-state index in [9.17, 15) is 12.8 Å². The van der Waals surface area contributed by atoms with E-state index in [1.807, 2.05) is 6.92 Å². The minimum Gasteiger partial charge on any atom is -0.399 e. The minimum atomic E-state index is -4.07. The molecule has 0 atom stereocenters. The number of H-pyrrole nitrogens is 1. The molecule has 0 saturated heterocycles. The third-order valence-corrected chi connectivity index (χ3v) is 4.14. The average molecular weight is 298 g/mol. The molecule has 4 N–H and O–H groups in total. The van der Waals surface area contributed by atoms with Gasteiger partial charge in [0.1, 0.15) is 10.7 Å². The van der Waals surface area contributed by atoms with E-state index in [1.165, 1.54) is 13.0 Å². The predicted octanol–water partition coefficient (Wildman–Crippen LogP) is 1.80. The Balaban J connectivity index is 2.40. The molecular formula is C12H15FN4O2S. The molecule has 108 valence electrons. The number of aryl methyl sites for hydroxylation is 2. The third-order valence-electron chi connectivity index (χ3n) is 2.78. The maximum Gasteiger partial charge on any atom is 0.266 e. The number of rotatable bonds is 4. The second-order valence-electron chi connectivity index (χ2n) is 4.39. The van der Waals surface area contributed by atoms with Crippen LogP contribution in [0.5, 0.6) is 0 Å². The zero-order valence-corrected chi connectivity index (χ0v) is 11.9. The number of nitrogens with one attached hydrogen (secondary N) is 2. The molecule has 20 heavy (non-hydrogen) atoms. The molecule has 0 radical (unpaired) electrons. The molecule has 1 heterocycles. The average Bonchev–Trinajstić information content (AvgIpc) is 2.80. The van der Waals surface area contributed by atoms with E-state index in [0.29, 0.717) is 6.42 Å². The summed E-state index contributed by atoms with van der Waals surface area (Å²) in [4.78, 5) is -0.490. The van der Waals surface area contributed by atoms with Gasteiger partial charge in [-0.25, -0.2) is 12.8 Å². The van der Waals surface area contributed by atoms with E-state index in [2.05, 4.69) is 14.9 Å². The van der Waals surface area contributed by atoms with Gasteiger partial charge in [0.05, 0.1) is 0 Å². The zero-order chi connectivity index (χ0) is 14.9. The van der Waals surface area contributed by atoms with Gasteiger partial charge in [-0.2, -0.15) is 5.10 Å². The van der Waals surface area contributed by atoms with Crippen molar-refractivity contribution in [3.8, 4) is 0 Å². The smallest absolute Gasteiger partial charge is 0.266 e. The van der Waals surface area contributed by atoms with Crippen molar-refractivity contribution in [2.45, 2.75) is 25.2 Å². The first-order chi connectivity index (χ1) is 9.33. The number of sulfonamides is 1. The topological polar surface area (TPSA) is 101 Å². The summed E-state index contributed by atoms with van der Waals surface area (Å²) in [6.07, 6.45) is 0.681. The lowest BCUT2D eigenvalue weighted by molar-refractivity contribution is 0.565. The van der Waals surface area contributed by atoms with Crippen LogP contribution in [0.3, 0.4) is 0 Å². The van der Waals surface area contributed by atoms with Gasteiger partial charge < -0.3 is 5.73 Å². The van der Waals surface area contributed by atoms with Crippen LogP contribution < -0.4 is 10.5 Å². The van der Waals surface area contributed by atoms with Crippen molar-refractivity contribution in [1.29, 1.82) is 0 Å². The van der Waals surface area contributed by atoms with E-state index >= 15 is 0 Å². The molecule has 0 saturated carbocycles. The van der Waals surface area contributed by atoms with E-state index < -0.39 is 20.7 Å². The number of hydrogen-bond donors (Lipinski definition) is 3. The molecule has 0 fully saturated rings. The highest BCUT2D eigenvalue weighted by molar-refractivity contribution is 7.92. The Hall–Kier alpha value is -2.09.